The van der Waals surface area contributed by atoms with E-state index in [-0.39, 0.29) is 23.6 Å². The maximum absolute atomic E-state index is 14.0. The van der Waals surface area contributed by atoms with Crippen molar-refractivity contribution in [1.29, 1.82) is 0 Å². The smallest absolute Gasteiger partial charge is 0.406 e. The minimum atomic E-state index is -4.76. The lowest BCUT2D eigenvalue weighted by Crippen LogP contribution is -2.16. The molecule has 2 aromatic carbocycles. The first kappa shape index (κ1) is 19.5. The molecule has 26 heavy (non-hydrogen) atoms. The molecule has 0 aliphatic heterocycles. The van der Waals surface area contributed by atoms with Gasteiger partial charge in [0.05, 0.1) is 5.56 Å². The Bertz CT molecular complexity index is 839. The summed E-state index contributed by atoms with van der Waals surface area (Å²) in [6, 6.07) is 9.07. The lowest BCUT2D eigenvalue weighted by Gasteiger charge is -2.07. The predicted octanol–water partition coefficient (Wildman–Crippen LogP) is 6.23. The maximum atomic E-state index is 14.0. The first-order chi connectivity index (χ1) is 12.3. The second-order valence-corrected chi connectivity index (χ2v) is 5.40. The number of alkyl halides is 3. The van der Waals surface area contributed by atoms with Crippen molar-refractivity contribution in [3.05, 3.63) is 70.8 Å². The molecule has 0 unspecified atom stereocenters. The van der Waals surface area contributed by atoms with Crippen molar-refractivity contribution in [2.75, 3.05) is 0 Å². The summed E-state index contributed by atoms with van der Waals surface area (Å²) in [5.41, 5.74) is 0.901. The van der Waals surface area contributed by atoms with Gasteiger partial charge >= 0.3 is 6.36 Å². The molecule has 0 radical (unpaired) electrons. The van der Waals surface area contributed by atoms with E-state index in [0.29, 0.717) is 17.5 Å². The Morgan fingerprint density at radius 2 is 1.77 bits per heavy atom. The number of benzene rings is 2. The summed E-state index contributed by atoms with van der Waals surface area (Å²) >= 11 is 0. The van der Waals surface area contributed by atoms with Crippen molar-refractivity contribution >= 4 is 6.08 Å². The Morgan fingerprint density at radius 1 is 1.08 bits per heavy atom. The van der Waals surface area contributed by atoms with Gasteiger partial charge < -0.3 is 4.74 Å². The topological polar surface area (TPSA) is 9.23 Å². The number of rotatable bonds is 4. The van der Waals surface area contributed by atoms with Gasteiger partial charge in [0.2, 0.25) is 0 Å². The van der Waals surface area contributed by atoms with Gasteiger partial charge in [0.25, 0.3) is 0 Å². The van der Waals surface area contributed by atoms with Crippen molar-refractivity contribution < 1.29 is 26.7 Å². The molecule has 0 heterocycles. The van der Waals surface area contributed by atoms with Crippen LogP contribution in [0.4, 0.5) is 22.0 Å². The van der Waals surface area contributed by atoms with E-state index in [0.717, 1.165) is 12.1 Å². The van der Waals surface area contributed by atoms with Crippen LogP contribution < -0.4 is 4.74 Å². The molecule has 0 aliphatic rings. The summed E-state index contributed by atoms with van der Waals surface area (Å²) in [5.74, 6) is 3.96. The first-order valence-corrected chi connectivity index (χ1v) is 7.80. The molecule has 0 bridgehead atoms. The van der Waals surface area contributed by atoms with Crippen molar-refractivity contribution in [3.63, 3.8) is 0 Å². The molecule has 0 saturated carbocycles. The summed E-state index contributed by atoms with van der Waals surface area (Å²) in [6.07, 6.45) is -2.55. The Hall–Kier alpha value is -2.81. The number of hydrogen-bond donors (Lipinski definition) is 0. The first-order valence-electron chi connectivity index (χ1n) is 7.80. The third-order valence-corrected chi connectivity index (χ3v) is 3.23. The zero-order chi connectivity index (χ0) is 19.2. The average Bonchev–Trinajstić information content (AvgIpc) is 2.54. The Morgan fingerprint density at radius 3 is 2.35 bits per heavy atom. The van der Waals surface area contributed by atoms with Gasteiger partial charge in [-0.25, -0.2) is 8.78 Å². The van der Waals surface area contributed by atoms with Gasteiger partial charge in [0.1, 0.15) is 17.4 Å². The van der Waals surface area contributed by atoms with Crippen LogP contribution in [-0.2, 0) is 0 Å². The zero-order valence-corrected chi connectivity index (χ0v) is 13.8. The van der Waals surface area contributed by atoms with Gasteiger partial charge in [0, 0.05) is 5.56 Å². The molecule has 0 fully saturated rings. The molecule has 0 saturated heterocycles. The fourth-order valence-electron chi connectivity index (χ4n) is 2.09. The maximum Gasteiger partial charge on any atom is 0.573 e. The molecular formula is C20H15F5O. The third kappa shape index (κ3) is 6.25. The number of hydrogen-bond acceptors (Lipinski definition) is 1. The van der Waals surface area contributed by atoms with Crippen molar-refractivity contribution in [3.8, 4) is 17.6 Å². The van der Waals surface area contributed by atoms with E-state index in [1.807, 2.05) is 6.92 Å². The van der Waals surface area contributed by atoms with Gasteiger partial charge in [-0.3, -0.25) is 0 Å². The van der Waals surface area contributed by atoms with E-state index in [1.54, 1.807) is 6.07 Å². The summed E-state index contributed by atoms with van der Waals surface area (Å²) < 4.78 is 67.5. The summed E-state index contributed by atoms with van der Waals surface area (Å²) in [5, 5.41) is 0. The molecule has 0 spiro atoms. The SMILES string of the molecule is CCC/C(F)=C\c1ccc(C#Cc2ccc(OC(F)(F)F)cc2)c(F)c1. The molecule has 0 atom stereocenters. The molecule has 1 nitrogen and oxygen atoms in total. The molecule has 2 aromatic rings. The van der Waals surface area contributed by atoms with Gasteiger partial charge in [-0.2, -0.15) is 0 Å². The predicted molar refractivity (Wildman–Crippen MR) is 89.5 cm³/mol. The van der Waals surface area contributed by atoms with Gasteiger partial charge in [0.15, 0.2) is 0 Å². The van der Waals surface area contributed by atoms with E-state index in [1.165, 1.54) is 30.3 Å². The van der Waals surface area contributed by atoms with E-state index >= 15 is 0 Å². The van der Waals surface area contributed by atoms with Crippen LogP contribution in [-0.4, -0.2) is 6.36 Å². The molecule has 0 aromatic heterocycles. The normalized spacial score (nSPS) is 11.7. The Kier molecular flexibility index (Phi) is 6.40. The van der Waals surface area contributed by atoms with E-state index in [4.69, 9.17) is 0 Å². The fourth-order valence-corrected chi connectivity index (χ4v) is 2.09. The van der Waals surface area contributed by atoms with Crippen molar-refractivity contribution in [2.24, 2.45) is 0 Å². The minimum Gasteiger partial charge on any atom is -0.406 e. The molecule has 6 heteroatoms. The summed E-state index contributed by atoms with van der Waals surface area (Å²) in [4.78, 5) is 0. The Labute approximate surface area is 148 Å². The van der Waals surface area contributed by atoms with Crippen LogP contribution in [0.1, 0.15) is 36.5 Å². The molecule has 0 aliphatic carbocycles. The van der Waals surface area contributed by atoms with Crippen LogP contribution in [0.3, 0.4) is 0 Å². The highest BCUT2D eigenvalue weighted by Gasteiger charge is 2.30. The quantitative estimate of drug-likeness (QED) is 0.460. The monoisotopic (exact) mass is 366 g/mol. The van der Waals surface area contributed by atoms with Gasteiger partial charge in [-0.1, -0.05) is 24.8 Å². The number of allylic oxidation sites excluding steroid dienone is 1. The van der Waals surface area contributed by atoms with Gasteiger partial charge in [-0.05, 0) is 60.9 Å². The van der Waals surface area contributed by atoms with Crippen LogP contribution in [0.25, 0.3) is 6.08 Å². The largest absolute Gasteiger partial charge is 0.573 e. The standard InChI is InChI=1S/C20H15F5O/c1-2-3-17(21)12-15-5-9-16(19(22)13-15)8-4-14-6-10-18(11-7-14)26-20(23,24)25/h5-7,9-13H,2-3H2,1H3/b17-12+. The van der Waals surface area contributed by atoms with Crippen LogP contribution in [0, 0.1) is 17.7 Å². The second kappa shape index (κ2) is 8.52. The van der Waals surface area contributed by atoms with Crippen LogP contribution in [0.2, 0.25) is 0 Å². The van der Waals surface area contributed by atoms with Crippen LogP contribution >= 0.6 is 0 Å². The summed E-state index contributed by atoms with van der Waals surface area (Å²) in [6.45, 7) is 1.84. The Balaban J connectivity index is 2.13. The average molecular weight is 366 g/mol. The third-order valence-electron chi connectivity index (χ3n) is 3.23. The van der Waals surface area contributed by atoms with Crippen LogP contribution in [0.5, 0.6) is 5.75 Å². The van der Waals surface area contributed by atoms with E-state index < -0.39 is 12.2 Å². The number of ether oxygens (including phenoxy) is 1. The fraction of sp³-hybridized carbons (Fsp3) is 0.200. The highest BCUT2D eigenvalue weighted by Crippen LogP contribution is 2.22. The molecule has 0 N–H and O–H groups in total. The van der Waals surface area contributed by atoms with Gasteiger partial charge in [-0.15, -0.1) is 13.2 Å². The molecule has 136 valence electrons. The second-order valence-electron chi connectivity index (χ2n) is 5.40. The lowest BCUT2D eigenvalue weighted by molar-refractivity contribution is -0.274. The minimum absolute atomic E-state index is 0.105. The molecular weight excluding hydrogens is 351 g/mol. The van der Waals surface area contributed by atoms with Crippen LogP contribution in [0.15, 0.2) is 48.3 Å². The van der Waals surface area contributed by atoms with E-state index in [2.05, 4.69) is 16.6 Å². The van der Waals surface area contributed by atoms with Crippen molar-refractivity contribution in [1.82, 2.24) is 0 Å². The molecule has 0 amide bonds. The number of halogens is 5. The summed E-state index contributed by atoms with van der Waals surface area (Å²) in [7, 11) is 0. The highest BCUT2D eigenvalue weighted by molar-refractivity contribution is 5.54. The van der Waals surface area contributed by atoms with E-state index in [9.17, 15) is 22.0 Å². The van der Waals surface area contributed by atoms with Crippen molar-refractivity contribution in [2.45, 2.75) is 26.1 Å². The highest BCUT2D eigenvalue weighted by atomic mass is 19.4. The lowest BCUT2D eigenvalue weighted by atomic mass is 10.1. The molecule has 2 rings (SSSR count). The zero-order valence-electron chi connectivity index (χ0n) is 13.8.